The molecule has 1 aliphatic heterocycles. The Kier molecular flexibility index (Phi) is 6.57. The smallest absolute Gasteiger partial charge is 0.163 e. The summed E-state index contributed by atoms with van der Waals surface area (Å²) < 4.78 is 16.9. The van der Waals surface area contributed by atoms with Crippen LogP contribution >= 0.6 is 0 Å². The lowest BCUT2D eigenvalue weighted by Crippen LogP contribution is -2.51. The molecule has 0 atom stereocenters. The molecule has 0 aromatic heterocycles. The number of nitrogens with zero attached hydrogens (tertiary/aromatic N) is 3. The highest BCUT2D eigenvalue weighted by Crippen LogP contribution is 2.36. The van der Waals surface area contributed by atoms with Crippen LogP contribution in [0.15, 0.2) is 22.1 Å². The number of benzene rings is 1. The molecule has 1 heterocycles. The van der Waals surface area contributed by atoms with E-state index < -0.39 is 0 Å². The fraction of sp³-hybridized carbons (Fsp3) is 0.529. The van der Waals surface area contributed by atoms with Gasteiger partial charge in [-0.05, 0) is 20.0 Å². The predicted octanol–water partition coefficient (Wildman–Crippen LogP) is 1.46. The zero-order valence-electron chi connectivity index (χ0n) is 14.8. The van der Waals surface area contributed by atoms with Gasteiger partial charge in [-0.25, -0.2) is 0 Å². The van der Waals surface area contributed by atoms with Crippen LogP contribution < -0.4 is 15.2 Å². The van der Waals surface area contributed by atoms with E-state index in [1.54, 1.807) is 20.4 Å². The van der Waals surface area contributed by atoms with Crippen molar-refractivity contribution in [3.05, 3.63) is 17.7 Å². The Labute approximate surface area is 143 Å². The molecule has 0 unspecified atom stereocenters. The number of ether oxygens (including phenoxy) is 3. The largest absolute Gasteiger partial charge is 0.487 e. The molecule has 7 nitrogen and oxygen atoms in total. The van der Waals surface area contributed by atoms with Gasteiger partial charge in [-0.1, -0.05) is 0 Å². The highest BCUT2D eigenvalue weighted by molar-refractivity contribution is 6.03. The van der Waals surface area contributed by atoms with Gasteiger partial charge in [0, 0.05) is 45.1 Å². The van der Waals surface area contributed by atoms with Crippen molar-refractivity contribution < 1.29 is 14.2 Å². The normalized spacial score (nSPS) is 16.4. The van der Waals surface area contributed by atoms with Crippen LogP contribution in [0.4, 0.5) is 5.69 Å². The average Bonchev–Trinajstić information content (AvgIpc) is 2.54. The van der Waals surface area contributed by atoms with Gasteiger partial charge in [0.2, 0.25) is 0 Å². The van der Waals surface area contributed by atoms with Crippen LogP contribution in [-0.4, -0.2) is 70.6 Å². The Morgan fingerprint density at radius 3 is 2.67 bits per heavy atom. The average molecular weight is 334 g/mol. The first kappa shape index (κ1) is 18.2. The molecule has 132 valence electrons. The topological polar surface area (TPSA) is 81.7 Å². The molecule has 0 spiro atoms. The summed E-state index contributed by atoms with van der Waals surface area (Å²) in [5.74, 6) is 1.69. The molecule has 1 aromatic carbocycles. The first-order chi connectivity index (χ1) is 11.6. The third-order valence-corrected chi connectivity index (χ3v) is 3.72. The number of likely N-dealkylation sites (tertiary alicyclic amines) is 1. The Bertz CT molecular complexity index is 610. The first-order valence-electron chi connectivity index (χ1n) is 7.95. The zero-order chi connectivity index (χ0) is 17.5. The van der Waals surface area contributed by atoms with Crippen molar-refractivity contribution in [3.63, 3.8) is 0 Å². The number of nitrogens with two attached hydrogens (primary N) is 1. The molecule has 1 fully saturated rings. The molecule has 1 saturated heterocycles. The van der Waals surface area contributed by atoms with E-state index in [1.165, 1.54) is 0 Å². The van der Waals surface area contributed by atoms with Crippen LogP contribution in [0.3, 0.4) is 0 Å². The summed E-state index contributed by atoms with van der Waals surface area (Å²) in [7, 11) is 5.34. The number of hydrogen-bond acceptors (Lipinski definition) is 6. The monoisotopic (exact) mass is 334 g/mol. The van der Waals surface area contributed by atoms with Gasteiger partial charge in [-0.2, -0.15) is 0 Å². The van der Waals surface area contributed by atoms with E-state index in [2.05, 4.69) is 21.9 Å². The van der Waals surface area contributed by atoms with Gasteiger partial charge in [0.1, 0.15) is 18.5 Å². The molecule has 2 N–H and O–H groups in total. The standard InChI is InChI=1S/C17H26N4O3/c1-5-20-14-9-16(24-12-10-21(3)11-12)15(23-7-6-22-4)8-13(14)17(18)19-2/h5,8-9,12H,6-7,10-11H2,1-4H3,(H2,18,19)/b20-5+. The second-order valence-corrected chi connectivity index (χ2v) is 5.61. The molecule has 0 bridgehead atoms. The summed E-state index contributed by atoms with van der Waals surface area (Å²) in [6.07, 6.45) is 1.87. The van der Waals surface area contributed by atoms with Crippen molar-refractivity contribution in [1.29, 1.82) is 0 Å². The van der Waals surface area contributed by atoms with E-state index >= 15 is 0 Å². The molecule has 7 heteroatoms. The van der Waals surface area contributed by atoms with E-state index in [9.17, 15) is 0 Å². The number of methoxy groups -OCH3 is 1. The van der Waals surface area contributed by atoms with Gasteiger partial charge in [0.25, 0.3) is 0 Å². The van der Waals surface area contributed by atoms with Crippen LogP contribution in [0.25, 0.3) is 0 Å². The van der Waals surface area contributed by atoms with Crippen LogP contribution in [0.1, 0.15) is 12.5 Å². The fourth-order valence-corrected chi connectivity index (χ4v) is 2.46. The third-order valence-electron chi connectivity index (χ3n) is 3.72. The SMILES string of the molecule is C/C=N/c1cc(OC2CN(C)C2)c(OCCOC)cc1/C(N)=N\C. The van der Waals surface area contributed by atoms with Crippen molar-refractivity contribution in [2.24, 2.45) is 15.7 Å². The molecule has 1 aromatic rings. The molecule has 0 amide bonds. The number of likely N-dealkylation sites (N-methyl/N-ethyl adjacent to an activating group) is 1. The molecular weight excluding hydrogens is 308 g/mol. The van der Waals surface area contributed by atoms with Crippen LogP contribution in [0.2, 0.25) is 0 Å². The second-order valence-electron chi connectivity index (χ2n) is 5.61. The van der Waals surface area contributed by atoms with E-state index in [4.69, 9.17) is 19.9 Å². The molecule has 0 radical (unpaired) electrons. The van der Waals surface area contributed by atoms with Gasteiger partial charge >= 0.3 is 0 Å². The van der Waals surface area contributed by atoms with Crippen LogP contribution in [0.5, 0.6) is 11.5 Å². The Balaban J connectivity index is 2.34. The maximum Gasteiger partial charge on any atom is 0.163 e. The number of hydrogen-bond donors (Lipinski definition) is 1. The number of amidine groups is 1. The number of aliphatic imine (C=N–C) groups is 2. The lowest BCUT2D eigenvalue weighted by Gasteiger charge is -2.36. The fourth-order valence-electron chi connectivity index (χ4n) is 2.46. The van der Waals surface area contributed by atoms with Crippen molar-refractivity contribution in [2.75, 3.05) is 47.5 Å². The Morgan fingerprint density at radius 2 is 2.08 bits per heavy atom. The lowest BCUT2D eigenvalue weighted by molar-refractivity contribution is 0.0358. The van der Waals surface area contributed by atoms with Crippen LogP contribution in [0, 0.1) is 0 Å². The molecule has 1 aliphatic rings. The van der Waals surface area contributed by atoms with E-state index in [0.717, 1.165) is 18.7 Å². The summed E-state index contributed by atoms with van der Waals surface area (Å²) >= 11 is 0. The highest BCUT2D eigenvalue weighted by Gasteiger charge is 2.26. The van der Waals surface area contributed by atoms with E-state index in [1.807, 2.05) is 19.1 Å². The second kappa shape index (κ2) is 8.65. The highest BCUT2D eigenvalue weighted by atomic mass is 16.5. The molecule has 0 saturated carbocycles. The van der Waals surface area contributed by atoms with Gasteiger partial charge in [-0.3, -0.25) is 14.9 Å². The van der Waals surface area contributed by atoms with Crippen molar-refractivity contribution in [2.45, 2.75) is 13.0 Å². The van der Waals surface area contributed by atoms with Crippen molar-refractivity contribution in [1.82, 2.24) is 4.90 Å². The minimum atomic E-state index is 0.154. The van der Waals surface area contributed by atoms with Gasteiger partial charge in [-0.15, -0.1) is 0 Å². The summed E-state index contributed by atoms with van der Waals surface area (Å²) in [5, 5.41) is 0. The van der Waals surface area contributed by atoms with Crippen molar-refractivity contribution >= 4 is 17.7 Å². The minimum Gasteiger partial charge on any atom is -0.487 e. The van der Waals surface area contributed by atoms with Gasteiger partial charge < -0.3 is 19.9 Å². The summed E-state index contributed by atoms with van der Waals surface area (Å²) in [5.41, 5.74) is 7.44. The maximum atomic E-state index is 6.08. The Hall–Kier alpha value is -2.12. The number of rotatable bonds is 8. The van der Waals surface area contributed by atoms with E-state index in [0.29, 0.717) is 36.2 Å². The summed E-state index contributed by atoms with van der Waals surface area (Å²) in [6, 6.07) is 3.69. The molecular formula is C17H26N4O3. The zero-order valence-corrected chi connectivity index (χ0v) is 14.8. The quantitative estimate of drug-likeness (QED) is 0.442. The van der Waals surface area contributed by atoms with Crippen molar-refractivity contribution in [3.8, 4) is 11.5 Å². The lowest BCUT2D eigenvalue weighted by atomic mass is 10.1. The molecule has 0 aliphatic carbocycles. The molecule has 2 rings (SSSR count). The minimum absolute atomic E-state index is 0.154. The van der Waals surface area contributed by atoms with E-state index in [-0.39, 0.29) is 6.10 Å². The summed E-state index contributed by atoms with van der Waals surface area (Å²) in [4.78, 5) is 10.6. The predicted molar refractivity (Wildman–Crippen MR) is 96.2 cm³/mol. The van der Waals surface area contributed by atoms with Crippen LogP contribution in [-0.2, 0) is 4.74 Å². The summed E-state index contributed by atoms with van der Waals surface area (Å²) in [6.45, 7) is 4.56. The maximum absolute atomic E-state index is 6.08. The molecule has 24 heavy (non-hydrogen) atoms. The third kappa shape index (κ3) is 4.46. The van der Waals surface area contributed by atoms with Gasteiger partial charge in [0.05, 0.1) is 12.3 Å². The van der Waals surface area contributed by atoms with Gasteiger partial charge in [0.15, 0.2) is 11.5 Å². The first-order valence-corrected chi connectivity index (χ1v) is 7.95. The Morgan fingerprint density at radius 1 is 1.33 bits per heavy atom.